The predicted molar refractivity (Wildman–Crippen MR) is 79.8 cm³/mol. The van der Waals surface area contributed by atoms with Crippen LogP contribution < -0.4 is 4.74 Å². The van der Waals surface area contributed by atoms with Gasteiger partial charge in [0.05, 0.1) is 12.7 Å². The first kappa shape index (κ1) is 14.5. The van der Waals surface area contributed by atoms with Crippen molar-refractivity contribution in [2.75, 3.05) is 6.61 Å². The molecule has 0 aliphatic heterocycles. The third-order valence-corrected chi connectivity index (χ3v) is 3.30. The second-order valence-electron chi connectivity index (χ2n) is 4.91. The van der Waals surface area contributed by atoms with E-state index >= 15 is 0 Å². The van der Waals surface area contributed by atoms with E-state index in [1.54, 1.807) is 6.20 Å². The lowest BCUT2D eigenvalue weighted by molar-refractivity contribution is 0.149. The lowest BCUT2D eigenvalue weighted by Gasteiger charge is -2.19. The van der Waals surface area contributed by atoms with Crippen LogP contribution in [0.3, 0.4) is 0 Å². The highest BCUT2D eigenvalue weighted by atomic mass is 16.5. The molecule has 0 aliphatic rings. The highest BCUT2D eigenvalue weighted by molar-refractivity contribution is 5.31. The Hall–Kier alpha value is -1.87. The molecule has 2 atom stereocenters. The fraction of sp³-hybridized carbons (Fsp3) is 0.353. The van der Waals surface area contributed by atoms with Gasteiger partial charge in [-0.05, 0) is 36.2 Å². The number of aromatic nitrogens is 1. The van der Waals surface area contributed by atoms with Crippen LogP contribution in [0.4, 0.5) is 0 Å². The third-order valence-electron chi connectivity index (χ3n) is 3.30. The van der Waals surface area contributed by atoms with Gasteiger partial charge in [0.15, 0.2) is 0 Å². The minimum absolute atomic E-state index is 0.0578. The molecule has 0 saturated heterocycles. The van der Waals surface area contributed by atoms with Gasteiger partial charge in [-0.3, -0.25) is 4.98 Å². The Balaban J connectivity index is 2.14. The number of hydrogen-bond donors (Lipinski definition) is 1. The molecule has 2 aromatic rings. The Kier molecular flexibility index (Phi) is 5.13. The Morgan fingerprint density at radius 2 is 2.05 bits per heavy atom. The molecule has 0 bridgehead atoms. The van der Waals surface area contributed by atoms with E-state index in [4.69, 9.17) is 4.74 Å². The van der Waals surface area contributed by atoms with Crippen molar-refractivity contribution in [2.24, 2.45) is 0 Å². The zero-order valence-corrected chi connectivity index (χ0v) is 12.0. The Morgan fingerprint density at radius 1 is 1.20 bits per heavy atom. The number of benzene rings is 1. The van der Waals surface area contributed by atoms with Gasteiger partial charge >= 0.3 is 0 Å². The zero-order chi connectivity index (χ0) is 14.4. The van der Waals surface area contributed by atoms with E-state index in [0.717, 1.165) is 23.4 Å². The molecule has 2 rings (SSSR count). The number of ether oxygens (including phenoxy) is 1. The summed E-state index contributed by atoms with van der Waals surface area (Å²) in [5, 5.41) is 10.5. The van der Waals surface area contributed by atoms with Crippen LogP contribution in [0.2, 0.25) is 0 Å². The first-order valence-electron chi connectivity index (χ1n) is 7.04. The van der Waals surface area contributed by atoms with Crippen LogP contribution in [0.15, 0.2) is 48.7 Å². The normalized spacial score (nSPS) is 13.8. The van der Waals surface area contributed by atoms with Gasteiger partial charge < -0.3 is 9.84 Å². The summed E-state index contributed by atoms with van der Waals surface area (Å²) < 4.78 is 5.60. The summed E-state index contributed by atoms with van der Waals surface area (Å²) in [6.45, 7) is 4.74. The molecule has 1 heterocycles. The van der Waals surface area contributed by atoms with E-state index in [9.17, 15) is 5.11 Å². The first-order chi connectivity index (χ1) is 9.72. The summed E-state index contributed by atoms with van der Waals surface area (Å²) in [4.78, 5) is 4.31. The maximum Gasteiger partial charge on any atom is 0.119 e. The van der Waals surface area contributed by atoms with Gasteiger partial charge in [0.2, 0.25) is 0 Å². The van der Waals surface area contributed by atoms with Gasteiger partial charge in [-0.15, -0.1) is 0 Å². The molecule has 3 heteroatoms. The molecule has 0 spiro atoms. The van der Waals surface area contributed by atoms with Crippen molar-refractivity contribution < 1.29 is 9.84 Å². The van der Waals surface area contributed by atoms with Crippen molar-refractivity contribution in [3.63, 3.8) is 0 Å². The molecule has 0 amide bonds. The number of hydrogen-bond acceptors (Lipinski definition) is 3. The lowest BCUT2D eigenvalue weighted by Crippen LogP contribution is -2.09. The van der Waals surface area contributed by atoms with Crippen LogP contribution in [0.5, 0.6) is 5.75 Å². The number of aliphatic hydroxyl groups is 1. The molecule has 0 radical (unpaired) electrons. The highest BCUT2D eigenvalue weighted by Gasteiger charge is 2.19. The molecule has 3 nitrogen and oxygen atoms in total. The fourth-order valence-corrected chi connectivity index (χ4v) is 2.10. The van der Waals surface area contributed by atoms with Crippen molar-refractivity contribution in [3.8, 4) is 5.75 Å². The van der Waals surface area contributed by atoms with E-state index in [0.29, 0.717) is 6.61 Å². The zero-order valence-electron chi connectivity index (χ0n) is 12.0. The molecule has 1 N–H and O–H groups in total. The van der Waals surface area contributed by atoms with E-state index in [1.807, 2.05) is 49.4 Å². The van der Waals surface area contributed by atoms with Crippen LogP contribution in [0.1, 0.15) is 43.5 Å². The Labute approximate surface area is 120 Å². The van der Waals surface area contributed by atoms with Crippen LogP contribution in [-0.2, 0) is 0 Å². The minimum Gasteiger partial charge on any atom is -0.494 e. The molecule has 106 valence electrons. The molecular weight excluding hydrogens is 250 g/mol. The summed E-state index contributed by atoms with van der Waals surface area (Å²) in [5.74, 6) is 0.745. The van der Waals surface area contributed by atoms with Crippen molar-refractivity contribution in [2.45, 2.75) is 32.3 Å². The van der Waals surface area contributed by atoms with Crippen molar-refractivity contribution in [3.05, 3.63) is 59.9 Å². The maximum atomic E-state index is 10.5. The largest absolute Gasteiger partial charge is 0.494 e. The summed E-state index contributed by atoms with van der Waals surface area (Å²) in [7, 11) is 0. The number of nitrogens with zero attached hydrogens (tertiary/aromatic N) is 1. The Bertz CT molecular complexity index is 528. The predicted octanol–water partition coefficient (Wildman–Crippen LogP) is 3.71. The summed E-state index contributed by atoms with van der Waals surface area (Å²) in [5.41, 5.74) is 1.75. The van der Waals surface area contributed by atoms with Gasteiger partial charge in [-0.2, -0.15) is 0 Å². The van der Waals surface area contributed by atoms with Gasteiger partial charge in [0.25, 0.3) is 0 Å². The molecule has 0 fully saturated rings. The van der Waals surface area contributed by atoms with E-state index in [-0.39, 0.29) is 5.92 Å². The van der Waals surface area contributed by atoms with Crippen LogP contribution in [0.25, 0.3) is 0 Å². The second kappa shape index (κ2) is 7.06. The summed E-state index contributed by atoms with van der Waals surface area (Å²) in [6, 6.07) is 13.4. The van der Waals surface area contributed by atoms with E-state index < -0.39 is 6.10 Å². The molecular formula is C17H21NO2. The average Bonchev–Trinajstić information content (AvgIpc) is 2.52. The van der Waals surface area contributed by atoms with Crippen molar-refractivity contribution in [1.82, 2.24) is 4.98 Å². The highest BCUT2D eigenvalue weighted by Crippen LogP contribution is 2.30. The maximum absolute atomic E-state index is 10.5. The number of pyridine rings is 1. The number of aliphatic hydroxyl groups excluding tert-OH is 1. The smallest absolute Gasteiger partial charge is 0.119 e. The first-order valence-corrected chi connectivity index (χ1v) is 7.04. The Morgan fingerprint density at radius 3 is 2.75 bits per heavy atom. The molecule has 1 aromatic carbocycles. The van der Waals surface area contributed by atoms with Crippen molar-refractivity contribution in [1.29, 1.82) is 0 Å². The quantitative estimate of drug-likeness (QED) is 0.871. The molecule has 2 unspecified atom stereocenters. The van der Waals surface area contributed by atoms with Crippen LogP contribution in [0, 0.1) is 0 Å². The van der Waals surface area contributed by atoms with Crippen molar-refractivity contribution >= 4 is 0 Å². The van der Waals surface area contributed by atoms with Gasteiger partial charge in [-0.25, -0.2) is 0 Å². The summed E-state index contributed by atoms with van der Waals surface area (Å²) >= 11 is 0. The monoisotopic (exact) mass is 271 g/mol. The van der Waals surface area contributed by atoms with Gasteiger partial charge in [-0.1, -0.05) is 32.0 Å². The third kappa shape index (κ3) is 3.58. The molecule has 20 heavy (non-hydrogen) atoms. The van der Waals surface area contributed by atoms with Crippen LogP contribution >= 0.6 is 0 Å². The number of rotatable bonds is 6. The van der Waals surface area contributed by atoms with Gasteiger partial charge in [0, 0.05) is 17.8 Å². The topological polar surface area (TPSA) is 42.4 Å². The molecule has 0 aliphatic carbocycles. The van der Waals surface area contributed by atoms with E-state index in [2.05, 4.69) is 11.9 Å². The second-order valence-corrected chi connectivity index (χ2v) is 4.91. The molecule has 1 aromatic heterocycles. The van der Waals surface area contributed by atoms with Gasteiger partial charge in [0.1, 0.15) is 5.75 Å². The fourth-order valence-electron chi connectivity index (χ4n) is 2.10. The lowest BCUT2D eigenvalue weighted by atomic mass is 9.94. The van der Waals surface area contributed by atoms with E-state index in [1.165, 1.54) is 0 Å². The average molecular weight is 271 g/mol. The SMILES string of the molecule is CCCOc1cccc(C(O)C(C)c2ccccn2)c1. The summed E-state index contributed by atoms with van der Waals surface area (Å²) in [6.07, 6.45) is 2.13. The minimum atomic E-state index is -0.588. The standard InChI is InChI=1S/C17H21NO2/c1-3-11-20-15-8-6-7-14(12-15)17(19)13(2)16-9-4-5-10-18-16/h4-10,12-13,17,19H,3,11H2,1-2H3. The van der Waals surface area contributed by atoms with Crippen LogP contribution in [-0.4, -0.2) is 16.7 Å². The molecule has 0 saturated carbocycles.